The van der Waals surface area contributed by atoms with E-state index in [1.807, 2.05) is 0 Å². The molecule has 0 nitrogen and oxygen atoms in total. The average molecular weight is 389 g/mol. The molecule has 3 rings (SSSR count). The maximum absolute atomic E-state index is 2.39. The highest BCUT2D eigenvalue weighted by Gasteiger charge is 2.23. The van der Waals surface area contributed by atoms with Gasteiger partial charge in [0.1, 0.15) is 0 Å². The van der Waals surface area contributed by atoms with Gasteiger partial charge in [0, 0.05) is 0 Å². The van der Waals surface area contributed by atoms with Crippen molar-refractivity contribution in [2.45, 2.75) is 59.3 Å². The standard InChI is InChI=1S/C27H33P/c1-4-13-22-16-7-10-19-25(22)28(26-20-11-8-17-23(26)14-5-2)27-21-12-9-18-24(27)15-6-3/h7-12,16-21H,4-6,13-15H2,1-3H3. The lowest BCUT2D eigenvalue weighted by atomic mass is 10.1. The Balaban J connectivity index is 2.25. The van der Waals surface area contributed by atoms with Crippen LogP contribution in [0.15, 0.2) is 72.8 Å². The van der Waals surface area contributed by atoms with Crippen molar-refractivity contribution in [1.82, 2.24) is 0 Å². The van der Waals surface area contributed by atoms with E-state index in [2.05, 4.69) is 93.6 Å². The Morgan fingerprint density at radius 1 is 0.464 bits per heavy atom. The molecule has 3 aromatic carbocycles. The summed E-state index contributed by atoms with van der Waals surface area (Å²) in [7, 11) is -0.543. The van der Waals surface area contributed by atoms with E-state index in [4.69, 9.17) is 0 Å². The fraction of sp³-hybridized carbons (Fsp3) is 0.333. The molecule has 3 aromatic rings. The average Bonchev–Trinajstić information content (AvgIpc) is 2.72. The summed E-state index contributed by atoms with van der Waals surface area (Å²) in [5.74, 6) is 0. The summed E-state index contributed by atoms with van der Waals surface area (Å²) >= 11 is 0. The maximum Gasteiger partial charge on any atom is -0.0119 e. The molecule has 0 atom stereocenters. The van der Waals surface area contributed by atoms with Gasteiger partial charge < -0.3 is 0 Å². The molecule has 0 saturated carbocycles. The third-order valence-electron chi connectivity index (χ3n) is 5.26. The topological polar surface area (TPSA) is 0 Å². The highest BCUT2D eigenvalue weighted by Crippen LogP contribution is 2.37. The smallest absolute Gasteiger partial charge is 0.0119 e. The van der Waals surface area contributed by atoms with Gasteiger partial charge >= 0.3 is 0 Å². The Labute approximate surface area is 172 Å². The van der Waals surface area contributed by atoms with Crippen molar-refractivity contribution in [3.05, 3.63) is 89.5 Å². The lowest BCUT2D eigenvalue weighted by Crippen LogP contribution is -2.27. The molecular weight excluding hydrogens is 355 g/mol. The number of hydrogen-bond acceptors (Lipinski definition) is 0. The van der Waals surface area contributed by atoms with Gasteiger partial charge in [-0.25, -0.2) is 0 Å². The molecule has 0 N–H and O–H groups in total. The van der Waals surface area contributed by atoms with E-state index in [9.17, 15) is 0 Å². The van der Waals surface area contributed by atoms with Crippen LogP contribution in [0.1, 0.15) is 56.7 Å². The molecule has 0 saturated heterocycles. The lowest BCUT2D eigenvalue weighted by Gasteiger charge is -2.26. The van der Waals surface area contributed by atoms with Crippen molar-refractivity contribution in [3.8, 4) is 0 Å². The quantitative estimate of drug-likeness (QED) is 0.377. The van der Waals surface area contributed by atoms with Crippen molar-refractivity contribution in [3.63, 3.8) is 0 Å². The van der Waals surface area contributed by atoms with Gasteiger partial charge in [0.05, 0.1) is 0 Å². The van der Waals surface area contributed by atoms with Gasteiger partial charge in [-0.05, 0) is 59.8 Å². The van der Waals surface area contributed by atoms with Crippen LogP contribution in [0.3, 0.4) is 0 Å². The molecule has 0 heterocycles. The predicted octanol–water partition coefficient (Wildman–Crippen LogP) is 6.30. The zero-order valence-electron chi connectivity index (χ0n) is 17.6. The number of rotatable bonds is 9. The molecule has 1 heteroatoms. The Morgan fingerprint density at radius 2 is 0.750 bits per heavy atom. The Morgan fingerprint density at radius 3 is 1.04 bits per heavy atom. The Kier molecular flexibility index (Phi) is 7.87. The largest absolute Gasteiger partial charge is 0.0651 e. The summed E-state index contributed by atoms with van der Waals surface area (Å²) in [5.41, 5.74) is 4.57. The summed E-state index contributed by atoms with van der Waals surface area (Å²) in [6.45, 7) is 6.86. The van der Waals surface area contributed by atoms with Gasteiger partial charge in [-0.15, -0.1) is 0 Å². The van der Waals surface area contributed by atoms with Crippen LogP contribution in [0.2, 0.25) is 0 Å². The van der Waals surface area contributed by atoms with E-state index in [0.717, 1.165) is 19.3 Å². The first-order chi connectivity index (χ1) is 13.8. The summed E-state index contributed by atoms with van der Waals surface area (Å²) in [4.78, 5) is 0. The van der Waals surface area contributed by atoms with Crippen LogP contribution in [0.5, 0.6) is 0 Å². The highest BCUT2D eigenvalue weighted by atomic mass is 31.1. The molecule has 0 aromatic heterocycles. The van der Waals surface area contributed by atoms with Crippen molar-refractivity contribution < 1.29 is 0 Å². The molecule has 0 amide bonds. The molecule has 0 unspecified atom stereocenters. The van der Waals surface area contributed by atoms with E-state index >= 15 is 0 Å². The molecule has 146 valence electrons. The molecule has 0 radical (unpaired) electrons. The monoisotopic (exact) mass is 388 g/mol. The van der Waals surface area contributed by atoms with Crippen molar-refractivity contribution >= 4 is 23.8 Å². The van der Waals surface area contributed by atoms with Crippen LogP contribution in [0.4, 0.5) is 0 Å². The number of hydrogen-bond donors (Lipinski definition) is 0. The van der Waals surface area contributed by atoms with Gasteiger partial charge in [0.2, 0.25) is 0 Å². The third-order valence-corrected chi connectivity index (χ3v) is 8.01. The SMILES string of the molecule is CCCc1ccccc1P(c1ccccc1CCC)c1ccccc1CCC. The van der Waals surface area contributed by atoms with Gasteiger partial charge in [-0.3, -0.25) is 0 Å². The first-order valence-corrected chi connectivity index (χ1v) is 12.2. The first-order valence-electron chi connectivity index (χ1n) is 10.8. The van der Waals surface area contributed by atoms with Gasteiger partial charge in [-0.1, -0.05) is 113 Å². The molecule has 0 aliphatic heterocycles. The summed E-state index contributed by atoms with van der Waals surface area (Å²) in [5, 5.41) is 4.64. The minimum atomic E-state index is -0.543. The zero-order valence-corrected chi connectivity index (χ0v) is 18.5. The van der Waals surface area contributed by atoms with Crippen LogP contribution in [-0.4, -0.2) is 0 Å². The summed E-state index contributed by atoms with van der Waals surface area (Å²) < 4.78 is 0. The van der Waals surface area contributed by atoms with E-state index in [-0.39, 0.29) is 0 Å². The van der Waals surface area contributed by atoms with E-state index in [0.29, 0.717) is 0 Å². The van der Waals surface area contributed by atoms with Crippen LogP contribution in [-0.2, 0) is 19.3 Å². The predicted molar refractivity (Wildman–Crippen MR) is 127 cm³/mol. The molecule has 28 heavy (non-hydrogen) atoms. The molecule has 0 aliphatic carbocycles. The van der Waals surface area contributed by atoms with Gasteiger partial charge in [-0.2, -0.15) is 0 Å². The zero-order chi connectivity index (χ0) is 19.8. The molecule has 0 fully saturated rings. The second-order valence-electron chi connectivity index (χ2n) is 7.47. The second kappa shape index (κ2) is 10.6. The van der Waals surface area contributed by atoms with Gasteiger partial charge in [0.25, 0.3) is 0 Å². The van der Waals surface area contributed by atoms with E-state index in [1.54, 1.807) is 15.9 Å². The maximum atomic E-state index is 2.39. The Hall–Kier alpha value is -1.91. The van der Waals surface area contributed by atoms with Crippen LogP contribution >= 0.6 is 7.92 Å². The number of aryl methyl sites for hydroxylation is 3. The lowest BCUT2D eigenvalue weighted by molar-refractivity contribution is 0.924. The van der Waals surface area contributed by atoms with Gasteiger partial charge in [0.15, 0.2) is 0 Å². The first kappa shape index (κ1) is 20.8. The van der Waals surface area contributed by atoms with E-state index in [1.165, 1.54) is 36.0 Å². The number of benzene rings is 3. The van der Waals surface area contributed by atoms with Crippen molar-refractivity contribution in [2.75, 3.05) is 0 Å². The Bertz CT molecular complexity index is 763. The fourth-order valence-electron chi connectivity index (χ4n) is 4.02. The minimum absolute atomic E-state index is 0.543. The molecule has 0 aliphatic rings. The van der Waals surface area contributed by atoms with Crippen LogP contribution in [0.25, 0.3) is 0 Å². The third kappa shape index (κ3) is 4.73. The van der Waals surface area contributed by atoms with E-state index < -0.39 is 7.92 Å². The van der Waals surface area contributed by atoms with Crippen LogP contribution < -0.4 is 15.9 Å². The fourth-order valence-corrected chi connectivity index (χ4v) is 6.92. The van der Waals surface area contributed by atoms with Crippen molar-refractivity contribution in [2.24, 2.45) is 0 Å². The molecule has 0 bridgehead atoms. The summed E-state index contributed by atoms with van der Waals surface area (Å²) in [6.07, 6.45) is 7.02. The van der Waals surface area contributed by atoms with Crippen LogP contribution in [0, 0.1) is 0 Å². The minimum Gasteiger partial charge on any atom is -0.0651 e. The normalized spacial score (nSPS) is 11.1. The summed E-state index contributed by atoms with van der Waals surface area (Å²) in [6, 6.07) is 27.5. The molecular formula is C27H33P. The highest BCUT2D eigenvalue weighted by molar-refractivity contribution is 7.80. The molecule has 0 spiro atoms. The van der Waals surface area contributed by atoms with Crippen molar-refractivity contribution in [1.29, 1.82) is 0 Å². The second-order valence-corrected chi connectivity index (χ2v) is 9.59.